The maximum Gasteiger partial charge on any atom is 0.305 e. The number of rotatable bonds is 8. The summed E-state index contributed by atoms with van der Waals surface area (Å²) in [5.74, 6) is -0.469. The summed E-state index contributed by atoms with van der Waals surface area (Å²) in [6.07, 6.45) is 2.34. The summed E-state index contributed by atoms with van der Waals surface area (Å²) < 4.78 is 10.3. The number of benzene rings is 1. The molecule has 1 aliphatic rings. The van der Waals surface area contributed by atoms with E-state index < -0.39 is 11.5 Å². The maximum atomic E-state index is 12.2. The number of aliphatic carboxylic acids is 1. The van der Waals surface area contributed by atoms with Crippen molar-refractivity contribution in [3.05, 3.63) is 29.8 Å². The van der Waals surface area contributed by atoms with E-state index in [-0.39, 0.29) is 12.3 Å². The Kier molecular flexibility index (Phi) is 5.38. The molecule has 1 amide bonds. The third-order valence-corrected chi connectivity index (χ3v) is 3.85. The number of hydrogen-bond donors (Lipinski definition) is 2. The fraction of sp³-hybridized carbons (Fsp3) is 0.500. The molecule has 0 atom stereocenters. The van der Waals surface area contributed by atoms with Gasteiger partial charge in [-0.15, -0.1) is 0 Å². The van der Waals surface area contributed by atoms with Crippen molar-refractivity contribution >= 4 is 11.9 Å². The first-order valence-corrected chi connectivity index (χ1v) is 7.31. The molecule has 0 saturated heterocycles. The molecule has 2 rings (SSSR count). The molecule has 1 saturated carbocycles. The van der Waals surface area contributed by atoms with Gasteiger partial charge < -0.3 is 19.9 Å². The highest BCUT2D eigenvalue weighted by molar-refractivity contribution is 5.95. The molecule has 0 aromatic heterocycles. The molecule has 0 unspecified atom stereocenters. The topological polar surface area (TPSA) is 84.9 Å². The SMILES string of the molecule is COCCOc1ccc(C(=O)NC2(CC(=O)O)CCC2)cc1. The van der Waals surface area contributed by atoms with Crippen LogP contribution in [0.15, 0.2) is 24.3 Å². The minimum Gasteiger partial charge on any atom is -0.491 e. The van der Waals surface area contributed by atoms with E-state index in [1.165, 1.54) is 0 Å². The van der Waals surface area contributed by atoms with Gasteiger partial charge in [-0.2, -0.15) is 0 Å². The number of carboxylic acids is 1. The van der Waals surface area contributed by atoms with Crippen LogP contribution < -0.4 is 10.1 Å². The van der Waals surface area contributed by atoms with E-state index in [2.05, 4.69) is 5.32 Å². The van der Waals surface area contributed by atoms with Gasteiger partial charge in [0.2, 0.25) is 0 Å². The Hall–Kier alpha value is -2.08. The van der Waals surface area contributed by atoms with E-state index in [9.17, 15) is 9.59 Å². The molecule has 6 nitrogen and oxygen atoms in total. The van der Waals surface area contributed by atoms with Crippen LogP contribution in [0.3, 0.4) is 0 Å². The minimum absolute atomic E-state index is 0.0308. The van der Waals surface area contributed by atoms with Crippen LogP contribution in [0.4, 0.5) is 0 Å². The molecule has 1 fully saturated rings. The molecule has 2 N–H and O–H groups in total. The van der Waals surface area contributed by atoms with Gasteiger partial charge in [-0.3, -0.25) is 9.59 Å². The second-order valence-corrected chi connectivity index (χ2v) is 5.52. The van der Waals surface area contributed by atoms with Crippen LogP contribution in [0, 0.1) is 0 Å². The van der Waals surface area contributed by atoms with Crippen molar-refractivity contribution in [2.75, 3.05) is 20.3 Å². The van der Waals surface area contributed by atoms with Gasteiger partial charge in [-0.05, 0) is 43.5 Å². The molecule has 0 aliphatic heterocycles. The standard InChI is InChI=1S/C16H21NO5/c1-21-9-10-22-13-5-3-12(4-6-13)15(20)17-16(7-2-8-16)11-14(18)19/h3-6H,2,7-11H2,1H3,(H,17,20)(H,18,19). The normalized spacial score (nSPS) is 15.7. The molecule has 1 aliphatic carbocycles. The Morgan fingerprint density at radius 1 is 1.23 bits per heavy atom. The highest BCUT2D eigenvalue weighted by Gasteiger charge is 2.40. The molecule has 0 bridgehead atoms. The van der Waals surface area contributed by atoms with Crippen molar-refractivity contribution in [2.45, 2.75) is 31.2 Å². The minimum atomic E-state index is -0.887. The van der Waals surface area contributed by atoms with Crippen molar-refractivity contribution < 1.29 is 24.2 Å². The third-order valence-electron chi connectivity index (χ3n) is 3.85. The Labute approximate surface area is 129 Å². The third kappa shape index (κ3) is 4.21. The fourth-order valence-electron chi connectivity index (χ4n) is 2.50. The van der Waals surface area contributed by atoms with Crippen LogP contribution in [-0.2, 0) is 9.53 Å². The molecule has 0 spiro atoms. The molecule has 6 heteroatoms. The van der Waals surface area contributed by atoms with E-state index >= 15 is 0 Å². The number of carbonyl (C=O) groups is 2. The van der Waals surface area contributed by atoms with Crippen molar-refractivity contribution in [1.82, 2.24) is 5.32 Å². The zero-order valence-electron chi connectivity index (χ0n) is 12.6. The Balaban J connectivity index is 1.93. The van der Waals surface area contributed by atoms with Crippen LogP contribution in [0.25, 0.3) is 0 Å². The Morgan fingerprint density at radius 2 is 1.91 bits per heavy atom. The summed E-state index contributed by atoms with van der Waals surface area (Å²) in [7, 11) is 1.60. The summed E-state index contributed by atoms with van der Waals surface area (Å²) in [5.41, 5.74) is -0.0907. The van der Waals surface area contributed by atoms with Gasteiger partial charge >= 0.3 is 5.97 Å². The van der Waals surface area contributed by atoms with Gasteiger partial charge in [0.25, 0.3) is 5.91 Å². The predicted molar refractivity (Wildman–Crippen MR) is 80.1 cm³/mol. The van der Waals surface area contributed by atoms with Crippen molar-refractivity contribution in [2.24, 2.45) is 0 Å². The summed E-state index contributed by atoms with van der Waals surface area (Å²) in [6, 6.07) is 6.78. The number of carboxylic acid groups (broad SMARTS) is 1. The molecule has 0 heterocycles. The molecule has 0 radical (unpaired) electrons. The van der Waals surface area contributed by atoms with Gasteiger partial charge in [0.1, 0.15) is 12.4 Å². The smallest absolute Gasteiger partial charge is 0.305 e. The van der Waals surface area contributed by atoms with Crippen LogP contribution >= 0.6 is 0 Å². The summed E-state index contributed by atoms with van der Waals surface area (Å²) in [6.45, 7) is 0.948. The van der Waals surface area contributed by atoms with E-state index in [1.54, 1.807) is 31.4 Å². The Morgan fingerprint density at radius 3 is 2.41 bits per heavy atom. The van der Waals surface area contributed by atoms with E-state index in [4.69, 9.17) is 14.6 Å². The van der Waals surface area contributed by atoms with Gasteiger partial charge in [0, 0.05) is 12.7 Å². The highest BCUT2D eigenvalue weighted by atomic mass is 16.5. The number of amides is 1. The average molecular weight is 307 g/mol. The number of hydrogen-bond acceptors (Lipinski definition) is 4. The average Bonchev–Trinajstić information content (AvgIpc) is 2.45. The van der Waals surface area contributed by atoms with Crippen molar-refractivity contribution in [3.8, 4) is 5.75 Å². The number of ether oxygens (including phenoxy) is 2. The number of carbonyl (C=O) groups excluding carboxylic acids is 1. The van der Waals surface area contributed by atoms with E-state index in [1.807, 2.05) is 0 Å². The molecule has 22 heavy (non-hydrogen) atoms. The van der Waals surface area contributed by atoms with Gasteiger partial charge in [0.15, 0.2) is 0 Å². The molecule has 1 aromatic carbocycles. The second kappa shape index (κ2) is 7.26. The van der Waals surface area contributed by atoms with E-state index in [0.29, 0.717) is 37.4 Å². The first-order valence-electron chi connectivity index (χ1n) is 7.31. The first kappa shape index (κ1) is 16.3. The summed E-state index contributed by atoms with van der Waals surface area (Å²) >= 11 is 0. The quantitative estimate of drug-likeness (QED) is 0.716. The number of nitrogens with one attached hydrogen (secondary N) is 1. The van der Waals surface area contributed by atoms with E-state index in [0.717, 1.165) is 6.42 Å². The maximum absolute atomic E-state index is 12.2. The molecule has 120 valence electrons. The zero-order chi connectivity index (χ0) is 16.0. The van der Waals surface area contributed by atoms with Crippen LogP contribution in [0.2, 0.25) is 0 Å². The van der Waals surface area contributed by atoms with Gasteiger partial charge in [-0.25, -0.2) is 0 Å². The Bertz CT molecular complexity index is 522. The van der Waals surface area contributed by atoms with Gasteiger partial charge in [0.05, 0.1) is 18.6 Å². The lowest BCUT2D eigenvalue weighted by atomic mass is 9.74. The van der Waals surface area contributed by atoms with Crippen LogP contribution in [0.5, 0.6) is 5.75 Å². The molecule has 1 aromatic rings. The molecular weight excluding hydrogens is 286 g/mol. The molecular formula is C16H21NO5. The van der Waals surface area contributed by atoms with Gasteiger partial charge in [-0.1, -0.05) is 0 Å². The zero-order valence-corrected chi connectivity index (χ0v) is 12.6. The predicted octanol–water partition coefficient (Wildman–Crippen LogP) is 1.84. The highest BCUT2D eigenvalue weighted by Crippen LogP contribution is 2.35. The largest absolute Gasteiger partial charge is 0.491 e. The first-order chi connectivity index (χ1) is 10.5. The van der Waals surface area contributed by atoms with Crippen LogP contribution in [-0.4, -0.2) is 42.8 Å². The summed E-state index contributed by atoms with van der Waals surface area (Å²) in [4.78, 5) is 23.2. The lowest BCUT2D eigenvalue weighted by Crippen LogP contribution is -2.54. The number of methoxy groups -OCH3 is 1. The second-order valence-electron chi connectivity index (χ2n) is 5.52. The van der Waals surface area contributed by atoms with Crippen LogP contribution in [0.1, 0.15) is 36.0 Å². The lowest BCUT2D eigenvalue weighted by molar-refractivity contribution is -0.139. The van der Waals surface area contributed by atoms with Crippen molar-refractivity contribution in [3.63, 3.8) is 0 Å². The lowest BCUT2D eigenvalue weighted by Gasteiger charge is -2.41. The van der Waals surface area contributed by atoms with Crippen molar-refractivity contribution in [1.29, 1.82) is 0 Å². The monoisotopic (exact) mass is 307 g/mol. The fourth-order valence-corrected chi connectivity index (χ4v) is 2.50. The summed E-state index contributed by atoms with van der Waals surface area (Å²) in [5, 5.41) is 11.8.